The summed E-state index contributed by atoms with van der Waals surface area (Å²) in [6.45, 7) is 4.58. The molecule has 0 bridgehead atoms. The van der Waals surface area contributed by atoms with E-state index in [2.05, 4.69) is 22.3 Å². The largest absolute Gasteiger partial charge is 0.369 e. The van der Waals surface area contributed by atoms with E-state index in [1.807, 2.05) is 28.8 Å². The average Bonchev–Trinajstić information content (AvgIpc) is 3.10. The third-order valence-corrected chi connectivity index (χ3v) is 4.33. The second-order valence-corrected chi connectivity index (χ2v) is 5.86. The van der Waals surface area contributed by atoms with Gasteiger partial charge in [0.25, 0.3) is 0 Å². The lowest BCUT2D eigenvalue weighted by molar-refractivity contribution is 0.102. The maximum absolute atomic E-state index is 11.4. The number of carbonyl (C=O) groups is 1. The highest BCUT2D eigenvalue weighted by atomic mass is 32.1. The molecule has 0 radical (unpaired) electrons. The summed E-state index contributed by atoms with van der Waals surface area (Å²) in [5, 5.41) is 7.84. The van der Waals surface area contributed by atoms with Gasteiger partial charge in [-0.1, -0.05) is 6.92 Å². The number of nitrogens with zero attached hydrogens (tertiary/aromatic N) is 3. The van der Waals surface area contributed by atoms with E-state index >= 15 is 0 Å². The Balaban J connectivity index is 2.02. The number of fused-ring (bicyclic) bond motifs is 1. The first-order valence-corrected chi connectivity index (χ1v) is 7.70. The minimum atomic E-state index is 0.0818. The number of aromatic nitrogens is 3. The van der Waals surface area contributed by atoms with Gasteiger partial charge in [0.2, 0.25) is 0 Å². The predicted octanol–water partition coefficient (Wildman–Crippen LogP) is 3.48. The van der Waals surface area contributed by atoms with Crippen molar-refractivity contribution >= 4 is 28.6 Å². The van der Waals surface area contributed by atoms with Crippen LogP contribution in [-0.4, -0.2) is 26.9 Å². The van der Waals surface area contributed by atoms with Gasteiger partial charge in [-0.05, 0) is 37.6 Å². The van der Waals surface area contributed by atoms with Crippen molar-refractivity contribution in [1.29, 1.82) is 0 Å². The molecule has 3 aromatic heterocycles. The highest BCUT2D eigenvalue weighted by molar-refractivity contribution is 7.17. The van der Waals surface area contributed by atoms with Crippen LogP contribution in [0.5, 0.6) is 0 Å². The van der Waals surface area contributed by atoms with Gasteiger partial charge >= 0.3 is 0 Å². The maximum atomic E-state index is 11.4. The summed E-state index contributed by atoms with van der Waals surface area (Å²) in [5.74, 6) is 0.908. The van der Waals surface area contributed by atoms with E-state index in [-0.39, 0.29) is 5.78 Å². The molecule has 0 aliphatic heterocycles. The molecule has 5 nitrogen and oxygen atoms in total. The fourth-order valence-electron chi connectivity index (χ4n) is 2.05. The molecule has 0 unspecified atom stereocenters. The van der Waals surface area contributed by atoms with Crippen LogP contribution >= 0.6 is 11.3 Å². The number of hydrogen-bond donors (Lipinski definition) is 1. The molecule has 6 heteroatoms. The number of Topliss-reactive ketones (excluding diaryl/α,β-unsaturated/α-hetero) is 1. The monoisotopic (exact) mass is 300 g/mol. The smallest absolute Gasteiger partial charge is 0.169 e. The van der Waals surface area contributed by atoms with Gasteiger partial charge in [-0.3, -0.25) is 4.79 Å². The van der Waals surface area contributed by atoms with Crippen molar-refractivity contribution in [2.45, 2.75) is 20.3 Å². The van der Waals surface area contributed by atoms with E-state index < -0.39 is 0 Å². The van der Waals surface area contributed by atoms with Gasteiger partial charge in [0.1, 0.15) is 11.5 Å². The number of anilines is 1. The molecule has 0 amide bonds. The minimum Gasteiger partial charge on any atom is -0.369 e. The van der Waals surface area contributed by atoms with Crippen molar-refractivity contribution in [2.24, 2.45) is 0 Å². The molecule has 0 aliphatic carbocycles. The van der Waals surface area contributed by atoms with Crippen LogP contribution in [0.2, 0.25) is 0 Å². The molecule has 0 spiro atoms. The summed E-state index contributed by atoms with van der Waals surface area (Å²) >= 11 is 1.47. The first kappa shape index (κ1) is 13.8. The summed E-state index contributed by atoms with van der Waals surface area (Å²) in [7, 11) is 0. The summed E-state index contributed by atoms with van der Waals surface area (Å²) in [6, 6.07) is 7.66. The average molecular weight is 300 g/mol. The zero-order chi connectivity index (χ0) is 14.8. The molecular formula is C15H16N4OS. The van der Waals surface area contributed by atoms with Gasteiger partial charge in [0.15, 0.2) is 11.4 Å². The van der Waals surface area contributed by atoms with E-state index in [1.165, 1.54) is 11.3 Å². The molecule has 1 N–H and O–H groups in total. The zero-order valence-corrected chi connectivity index (χ0v) is 12.8. The van der Waals surface area contributed by atoms with Crippen LogP contribution in [0.25, 0.3) is 16.2 Å². The number of carbonyl (C=O) groups excluding carboxylic acids is 1. The van der Waals surface area contributed by atoms with Crippen molar-refractivity contribution in [3.05, 3.63) is 35.3 Å². The molecule has 0 saturated carbocycles. The molecule has 0 aliphatic rings. The number of thiophene rings is 1. The number of ketones is 1. The molecular weight excluding hydrogens is 284 g/mol. The Kier molecular flexibility index (Phi) is 3.70. The molecule has 3 aromatic rings. The van der Waals surface area contributed by atoms with Gasteiger partial charge < -0.3 is 5.32 Å². The summed E-state index contributed by atoms with van der Waals surface area (Å²) < 4.78 is 1.81. The van der Waals surface area contributed by atoms with Gasteiger partial charge in [-0.15, -0.1) is 16.4 Å². The topological polar surface area (TPSA) is 59.3 Å². The summed E-state index contributed by atoms with van der Waals surface area (Å²) in [5.41, 5.74) is 1.70. The summed E-state index contributed by atoms with van der Waals surface area (Å²) in [4.78, 5) is 17.5. The van der Waals surface area contributed by atoms with Crippen molar-refractivity contribution in [1.82, 2.24) is 14.6 Å². The van der Waals surface area contributed by atoms with Crippen LogP contribution in [0.4, 0.5) is 5.82 Å². The number of imidazole rings is 1. The van der Waals surface area contributed by atoms with Crippen LogP contribution < -0.4 is 5.32 Å². The third-order valence-electron chi connectivity index (χ3n) is 3.12. The highest BCUT2D eigenvalue weighted by Crippen LogP contribution is 2.28. The number of rotatable bonds is 5. The van der Waals surface area contributed by atoms with Crippen LogP contribution in [0.1, 0.15) is 29.9 Å². The molecule has 3 rings (SSSR count). The Labute approximate surface area is 126 Å². The molecule has 3 heterocycles. The van der Waals surface area contributed by atoms with Crippen molar-refractivity contribution in [3.8, 4) is 10.6 Å². The van der Waals surface area contributed by atoms with E-state index in [1.54, 1.807) is 13.1 Å². The van der Waals surface area contributed by atoms with Gasteiger partial charge in [0, 0.05) is 6.54 Å². The van der Waals surface area contributed by atoms with Crippen molar-refractivity contribution in [3.63, 3.8) is 0 Å². The van der Waals surface area contributed by atoms with Crippen LogP contribution in [-0.2, 0) is 0 Å². The van der Waals surface area contributed by atoms with E-state index in [9.17, 15) is 4.79 Å². The number of nitrogens with one attached hydrogen (secondary N) is 1. The van der Waals surface area contributed by atoms with Gasteiger partial charge in [-0.25, -0.2) is 9.50 Å². The second-order valence-electron chi connectivity index (χ2n) is 4.78. The van der Waals surface area contributed by atoms with Crippen LogP contribution in [0.3, 0.4) is 0 Å². The highest BCUT2D eigenvalue weighted by Gasteiger charge is 2.12. The molecule has 21 heavy (non-hydrogen) atoms. The quantitative estimate of drug-likeness (QED) is 0.733. The Morgan fingerprint density at radius 1 is 1.33 bits per heavy atom. The molecule has 0 aromatic carbocycles. The second kappa shape index (κ2) is 5.65. The lowest BCUT2D eigenvalue weighted by Crippen LogP contribution is -2.04. The standard InChI is InChI=1S/C15H16N4OS/c1-3-8-16-14-6-7-15-17-9-11(19(15)18-14)13-5-4-12(21-13)10(2)20/h4-7,9H,3,8H2,1-2H3,(H,16,18). The van der Waals surface area contributed by atoms with Gasteiger partial charge in [-0.2, -0.15) is 0 Å². The molecule has 108 valence electrons. The van der Waals surface area contributed by atoms with Gasteiger partial charge in [0.05, 0.1) is 16.0 Å². The Morgan fingerprint density at radius 2 is 2.19 bits per heavy atom. The van der Waals surface area contributed by atoms with E-state index in [0.29, 0.717) is 0 Å². The Morgan fingerprint density at radius 3 is 2.90 bits per heavy atom. The van der Waals surface area contributed by atoms with E-state index in [0.717, 1.165) is 39.9 Å². The van der Waals surface area contributed by atoms with Crippen LogP contribution in [0, 0.1) is 0 Å². The Hall–Kier alpha value is -2.21. The van der Waals surface area contributed by atoms with Crippen LogP contribution in [0.15, 0.2) is 30.5 Å². The first-order valence-electron chi connectivity index (χ1n) is 6.89. The molecule has 0 atom stereocenters. The lowest BCUT2D eigenvalue weighted by Gasteiger charge is -2.04. The summed E-state index contributed by atoms with van der Waals surface area (Å²) in [6.07, 6.45) is 2.84. The van der Waals surface area contributed by atoms with Crippen molar-refractivity contribution < 1.29 is 4.79 Å². The normalized spacial score (nSPS) is 11.0. The minimum absolute atomic E-state index is 0.0818. The lowest BCUT2D eigenvalue weighted by atomic mass is 10.3. The maximum Gasteiger partial charge on any atom is 0.169 e. The van der Waals surface area contributed by atoms with E-state index in [4.69, 9.17) is 0 Å². The third kappa shape index (κ3) is 2.67. The first-order chi connectivity index (χ1) is 10.2. The van der Waals surface area contributed by atoms with Crippen molar-refractivity contribution in [2.75, 3.05) is 11.9 Å². The molecule has 0 saturated heterocycles. The molecule has 0 fully saturated rings. The fraction of sp³-hybridized carbons (Fsp3) is 0.267. The fourth-order valence-corrected chi connectivity index (χ4v) is 2.95. The Bertz CT molecular complexity index is 790. The zero-order valence-electron chi connectivity index (χ0n) is 12.0. The number of hydrogen-bond acceptors (Lipinski definition) is 5. The SMILES string of the molecule is CCCNc1ccc2ncc(-c3ccc(C(C)=O)s3)n2n1. The predicted molar refractivity (Wildman–Crippen MR) is 85.1 cm³/mol.